The minimum absolute atomic E-state index is 0.0890. The third kappa shape index (κ3) is 5.68. The predicted molar refractivity (Wildman–Crippen MR) is 139 cm³/mol. The first kappa shape index (κ1) is 26.0. The molecule has 0 radical (unpaired) electrons. The van der Waals surface area contributed by atoms with Crippen molar-refractivity contribution in [3.05, 3.63) is 118 Å². The average Bonchev–Trinajstić information content (AvgIpc) is 2.81. The van der Waals surface area contributed by atoms with Crippen molar-refractivity contribution in [3.63, 3.8) is 0 Å². The van der Waals surface area contributed by atoms with Crippen LogP contribution in [0, 0.1) is 28.9 Å². The maximum absolute atomic E-state index is 14.2. The fraction of sp³-hybridized carbons (Fsp3) is 0.300. The number of hydrogen-bond acceptors (Lipinski definition) is 3. The molecule has 0 aliphatic carbocycles. The van der Waals surface area contributed by atoms with E-state index in [1.54, 1.807) is 12.1 Å². The molecule has 0 saturated carbocycles. The van der Waals surface area contributed by atoms with Gasteiger partial charge in [-0.15, -0.1) is 6.58 Å². The molecule has 3 aromatic rings. The number of hydrogen-bond donors (Lipinski definition) is 0. The summed E-state index contributed by atoms with van der Waals surface area (Å²) in [5, 5.41) is 10.1. The van der Waals surface area contributed by atoms with E-state index in [1.165, 1.54) is 12.1 Å². The van der Waals surface area contributed by atoms with Crippen LogP contribution >= 0.6 is 11.6 Å². The van der Waals surface area contributed by atoms with Crippen LogP contribution in [0.3, 0.4) is 0 Å². The van der Waals surface area contributed by atoms with E-state index in [0.29, 0.717) is 35.8 Å². The monoisotopic (exact) mass is 506 g/mol. The van der Waals surface area contributed by atoms with Crippen molar-refractivity contribution in [2.75, 3.05) is 19.7 Å². The highest BCUT2D eigenvalue weighted by Gasteiger charge is 2.45. The molecule has 3 nitrogen and oxygen atoms in total. The van der Waals surface area contributed by atoms with E-state index in [4.69, 9.17) is 16.3 Å². The second-order valence-corrected chi connectivity index (χ2v) is 10.2. The number of nitriles is 1. The van der Waals surface area contributed by atoms with Crippen LogP contribution in [0.1, 0.15) is 48.1 Å². The highest BCUT2D eigenvalue weighted by atomic mass is 35.5. The summed E-state index contributed by atoms with van der Waals surface area (Å²) in [6.07, 6.45) is 1.68. The molecule has 0 bridgehead atoms. The number of halogens is 3. The predicted octanol–water partition coefficient (Wildman–Crippen LogP) is 7.28. The van der Waals surface area contributed by atoms with E-state index < -0.39 is 17.2 Å². The van der Waals surface area contributed by atoms with Crippen LogP contribution in [0.15, 0.2) is 79.4 Å². The maximum atomic E-state index is 14.2. The van der Waals surface area contributed by atoms with Crippen LogP contribution in [-0.4, -0.2) is 30.2 Å². The number of ether oxygens (including phenoxy) is 1. The molecule has 3 aromatic carbocycles. The molecule has 1 heterocycles. The van der Waals surface area contributed by atoms with Gasteiger partial charge < -0.3 is 4.74 Å². The van der Waals surface area contributed by atoms with Gasteiger partial charge in [-0.05, 0) is 72.9 Å². The fourth-order valence-corrected chi connectivity index (χ4v) is 5.49. The lowest BCUT2D eigenvalue weighted by Crippen LogP contribution is -2.55. The van der Waals surface area contributed by atoms with Crippen molar-refractivity contribution >= 4 is 11.6 Å². The maximum Gasteiger partial charge on any atom is 0.126 e. The Balaban J connectivity index is 1.67. The zero-order valence-electron chi connectivity index (χ0n) is 20.4. The van der Waals surface area contributed by atoms with Gasteiger partial charge in [0.25, 0.3) is 0 Å². The van der Waals surface area contributed by atoms with E-state index in [9.17, 15) is 14.0 Å². The van der Waals surface area contributed by atoms with Gasteiger partial charge in [0.05, 0.1) is 29.9 Å². The van der Waals surface area contributed by atoms with Gasteiger partial charge >= 0.3 is 0 Å². The van der Waals surface area contributed by atoms with Crippen molar-refractivity contribution in [2.24, 2.45) is 5.92 Å². The Morgan fingerprint density at radius 2 is 1.72 bits per heavy atom. The van der Waals surface area contributed by atoms with Crippen LogP contribution in [-0.2, 0) is 4.74 Å². The second kappa shape index (κ2) is 10.9. The zero-order valence-corrected chi connectivity index (χ0v) is 21.2. The smallest absolute Gasteiger partial charge is 0.126 e. The Hall–Kier alpha value is -3.04. The summed E-state index contributed by atoms with van der Waals surface area (Å²) < 4.78 is 34.6. The van der Waals surface area contributed by atoms with E-state index in [0.717, 1.165) is 17.2 Å². The van der Waals surface area contributed by atoms with Crippen molar-refractivity contribution in [1.29, 1.82) is 5.26 Å². The third-order valence-electron chi connectivity index (χ3n) is 6.86. The lowest BCUT2D eigenvalue weighted by molar-refractivity contribution is -0.0687. The first-order chi connectivity index (χ1) is 17.2. The number of rotatable bonds is 9. The van der Waals surface area contributed by atoms with Crippen molar-refractivity contribution in [2.45, 2.75) is 31.4 Å². The number of benzene rings is 3. The SMILES string of the molecule is C=CCOC(C)(C)[C@H](c1cc(F)cc(F)c1)C1CN(C(c2ccc(Cl)cc2)c2cccc(C#N)c2)C1. The lowest BCUT2D eigenvalue weighted by Gasteiger charge is -2.51. The van der Waals surface area contributed by atoms with Crippen molar-refractivity contribution < 1.29 is 13.5 Å². The zero-order chi connectivity index (χ0) is 25.9. The first-order valence-electron chi connectivity index (χ1n) is 11.9. The Bertz CT molecular complexity index is 1240. The quantitative estimate of drug-likeness (QED) is 0.286. The van der Waals surface area contributed by atoms with Crippen molar-refractivity contribution in [3.8, 4) is 6.07 Å². The van der Waals surface area contributed by atoms with Gasteiger partial charge in [0.1, 0.15) is 11.6 Å². The van der Waals surface area contributed by atoms with Gasteiger partial charge in [-0.1, -0.05) is 41.9 Å². The van der Waals surface area contributed by atoms with Gasteiger partial charge in [-0.3, -0.25) is 4.90 Å². The Morgan fingerprint density at radius 3 is 2.33 bits per heavy atom. The Morgan fingerprint density at radius 1 is 1.06 bits per heavy atom. The van der Waals surface area contributed by atoms with Crippen LogP contribution in [0.4, 0.5) is 8.78 Å². The fourth-order valence-electron chi connectivity index (χ4n) is 5.37. The first-order valence-corrected chi connectivity index (χ1v) is 12.3. The molecule has 1 aliphatic rings. The van der Waals surface area contributed by atoms with Crippen molar-refractivity contribution in [1.82, 2.24) is 4.90 Å². The minimum Gasteiger partial charge on any atom is -0.371 e. The number of likely N-dealkylation sites (tertiary alicyclic amines) is 1. The average molecular weight is 507 g/mol. The molecular weight excluding hydrogens is 478 g/mol. The Kier molecular flexibility index (Phi) is 7.90. The standard InChI is InChI=1S/C30H29ClF2N2O/c1-4-12-36-30(2,3)28(23-14-26(32)16-27(33)15-23)24-18-35(19-24)29(21-8-10-25(31)11-9-21)22-7-5-6-20(13-22)17-34/h4-11,13-16,24,28-29H,1,12,18-19H2,2-3H3/t28-,29?/m1/s1. The molecule has 0 N–H and O–H groups in total. The van der Waals surface area contributed by atoms with Crippen LogP contribution in [0.25, 0.3) is 0 Å². The molecular formula is C30H29ClF2N2O. The lowest BCUT2D eigenvalue weighted by atomic mass is 9.71. The normalized spacial score (nSPS) is 16.1. The molecule has 0 spiro atoms. The molecule has 186 valence electrons. The van der Waals surface area contributed by atoms with Crippen LogP contribution < -0.4 is 0 Å². The van der Waals surface area contributed by atoms with E-state index in [2.05, 4.69) is 17.5 Å². The van der Waals surface area contributed by atoms with Gasteiger partial charge in [0.2, 0.25) is 0 Å². The van der Waals surface area contributed by atoms with E-state index >= 15 is 0 Å². The highest BCUT2D eigenvalue weighted by molar-refractivity contribution is 6.30. The molecule has 0 amide bonds. The Labute approximate surface area is 216 Å². The summed E-state index contributed by atoms with van der Waals surface area (Å²) in [5.74, 6) is -1.34. The summed E-state index contributed by atoms with van der Waals surface area (Å²) in [7, 11) is 0. The molecule has 0 aromatic heterocycles. The summed E-state index contributed by atoms with van der Waals surface area (Å²) >= 11 is 6.15. The van der Waals surface area contributed by atoms with Gasteiger partial charge in [0, 0.05) is 30.1 Å². The summed E-state index contributed by atoms with van der Waals surface area (Å²) in [6, 6.07) is 21.1. The van der Waals surface area contributed by atoms with E-state index in [-0.39, 0.29) is 17.9 Å². The van der Waals surface area contributed by atoms with Gasteiger partial charge in [0.15, 0.2) is 0 Å². The molecule has 4 rings (SSSR count). The molecule has 36 heavy (non-hydrogen) atoms. The van der Waals surface area contributed by atoms with Crippen LogP contribution in [0.5, 0.6) is 0 Å². The molecule has 1 unspecified atom stereocenters. The summed E-state index contributed by atoms with van der Waals surface area (Å²) in [5.41, 5.74) is 2.56. The van der Waals surface area contributed by atoms with Crippen LogP contribution in [0.2, 0.25) is 5.02 Å². The minimum atomic E-state index is -0.679. The topological polar surface area (TPSA) is 36.3 Å². The number of nitrogens with zero attached hydrogens (tertiary/aromatic N) is 2. The van der Waals surface area contributed by atoms with Gasteiger partial charge in [-0.2, -0.15) is 5.26 Å². The second-order valence-electron chi connectivity index (χ2n) is 9.79. The summed E-state index contributed by atoms with van der Waals surface area (Å²) in [6.45, 7) is 9.37. The molecule has 2 atom stereocenters. The molecule has 6 heteroatoms. The molecule has 1 fully saturated rings. The molecule has 1 saturated heterocycles. The summed E-state index contributed by atoms with van der Waals surface area (Å²) in [4.78, 5) is 2.32. The van der Waals surface area contributed by atoms with Gasteiger partial charge in [-0.25, -0.2) is 8.78 Å². The van der Waals surface area contributed by atoms with E-state index in [1.807, 2.05) is 56.3 Å². The largest absolute Gasteiger partial charge is 0.371 e. The highest BCUT2D eigenvalue weighted by Crippen LogP contribution is 2.45. The molecule has 1 aliphatic heterocycles. The third-order valence-corrected chi connectivity index (χ3v) is 7.11.